The molecule has 0 aliphatic heterocycles. The summed E-state index contributed by atoms with van der Waals surface area (Å²) in [5.41, 5.74) is 1.12. The lowest BCUT2D eigenvalue weighted by atomic mass is 10.2. The Morgan fingerprint density at radius 3 is 2.56 bits per heavy atom. The van der Waals surface area contributed by atoms with Crippen LogP contribution in [0.4, 0.5) is 0 Å². The Morgan fingerprint density at radius 2 is 1.80 bits per heavy atom. The lowest BCUT2D eigenvalue weighted by molar-refractivity contribution is 0.570. The summed E-state index contributed by atoms with van der Waals surface area (Å²) in [5.74, 6) is 3.45. The summed E-state index contributed by atoms with van der Waals surface area (Å²) in [6, 6.07) is 10.7. The zero-order chi connectivity index (χ0) is 16.6. The van der Waals surface area contributed by atoms with Crippen molar-refractivity contribution in [1.29, 1.82) is 0 Å². The van der Waals surface area contributed by atoms with Crippen LogP contribution in [0.3, 0.4) is 0 Å². The number of tetrazole rings is 1. The standard InChI is InChI=1S/C18H19N7/c1-2-4-13(5-3-1)6-11-16-20-22-23-24(16)12-17-19-21-18(14-7-8-14)25(17)15-9-10-15/h1-6,11,14-15H,7-10,12H2/b11-6+. The maximum Gasteiger partial charge on any atom is 0.175 e. The number of hydrogen-bond acceptors (Lipinski definition) is 5. The minimum absolute atomic E-state index is 0.553. The molecule has 2 aliphatic rings. The van der Waals surface area contributed by atoms with Gasteiger partial charge in [-0.25, -0.2) is 4.68 Å². The van der Waals surface area contributed by atoms with Crippen LogP contribution in [0.1, 0.15) is 60.7 Å². The van der Waals surface area contributed by atoms with Crippen LogP contribution in [-0.2, 0) is 6.54 Å². The van der Waals surface area contributed by atoms with E-state index in [-0.39, 0.29) is 0 Å². The molecule has 0 bridgehead atoms. The lowest BCUT2D eigenvalue weighted by Gasteiger charge is -2.08. The van der Waals surface area contributed by atoms with Crippen LogP contribution in [0.5, 0.6) is 0 Å². The fourth-order valence-corrected chi connectivity index (χ4v) is 3.11. The average molecular weight is 333 g/mol. The molecule has 0 radical (unpaired) electrons. The minimum atomic E-state index is 0.553. The van der Waals surface area contributed by atoms with E-state index in [4.69, 9.17) is 0 Å². The Hall–Kier alpha value is -2.83. The molecule has 0 amide bonds. The van der Waals surface area contributed by atoms with Gasteiger partial charge in [0.05, 0.1) is 0 Å². The normalized spacial score (nSPS) is 17.4. The number of hydrogen-bond donors (Lipinski definition) is 0. The first-order valence-corrected chi connectivity index (χ1v) is 8.81. The topological polar surface area (TPSA) is 74.3 Å². The SMILES string of the molecule is C(=C\c1nnnn1Cc1nnc(C2CC2)n1C1CC1)/c1ccccc1. The van der Waals surface area contributed by atoms with Gasteiger partial charge in [-0.05, 0) is 47.7 Å². The molecule has 0 spiro atoms. The van der Waals surface area contributed by atoms with Crippen LogP contribution >= 0.6 is 0 Å². The van der Waals surface area contributed by atoms with Gasteiger partial charge in [-0.3, -0.25) is 0 Å². The molecule has 0 unspecified atom stereocenters. The Morgan fingerprint density at radius 1 is 0.960 bits per heavy atom. The molecule has 0 saturated heterocycles. The van der Waals surface area contributed by atoms with Crippen LogP contribution in [0, 0.1) is 0 Å². The molecule has 2 aliphatic carbocycles. The second-order valence-corrected chi connectivity index (χ2v) is 6.79. The third-order valence-electron chi connectivity index (χ3n) is 4.72. The summed E-state index contributed by atoms with van der Waals surface area (Å²) in [6.45, 7) is 0.553. The van der Waals surface area contributed by atoms with E-state index in [0.717, 1.165) is 23.0 Å². The lowest BCUT2D eigenvalue weighted by Crippen LogP contribution is -2.12. The number of rotatable bonds is 6. The highest BCUT2D eigenvalue weighted by Crippen LogP contribution is 2.44. The molecule has 2 fully saturated rings. The number of aromatic nitrogens is 7. The molecule has 2 aromatic heterocycles. The summed E-state index contributed by atoms with van der Waals surface area (Å²) in [6.07, 6.45) is 8.88. The monoisotopic (exact) mass is 333 g/mol. The molecule has 3 aromatic rings. The van der Waals surface area contributed by atoms with Crippen LogP contribution in [0.15, 0.2) is 30.3 Å². The van der Waals surface area contributed by atoms with Crippen molar-refractivity contribution in [3.05, 3.63) is 53.4 Å². The van der Waals surface area contributed by atoms with Gasteiger partial charge in [0.1, 0.15) is 12.4 Å². The van der Waals surface area contributed by atoms with Crippen molar-refractivity contribution in [3.63, 3.8) is 0 Å². The smallest absolute Gasteiger partial charge is 0.175 e. The fraction of sp³-hybridized carbons (Fsp3) is 0.389. The van der Waals surface area contributed by atoms with Crippen molar-refractivity contribution in [3.8, 4) is 0 Å². The van der Waals surface area contributed by atoms with Crippen LogP contribution in [-0.4, -0.2) is 35.0 Å². The van der Waals surface area contributed by atoms with E-state index in [9.17, 15) is 0 Å². The highest BCUT2D eigenvalue weighted by atomic mass is 15.5. The van der Waals surface area contributed by atoms with Crippen molar-refractivity contribution < 1.29 is 0 Å². The van der Waals surface area contributed by atoms with Crippen LogP contribution in [0.25, 0.3) is 12.2 Å². The van der Waals surface area contributed by atoms with Crippen molar-refractivity contribution >= 4 is 12.2 Å². The van der Waals surface area contributed by atoms with E-state index in [0.29, 0.717) is 18.5 Å². The molecule has 25 heavy (non-hydrogen) atoms. The van der Waals surface area contributed by atoms with E-state index < -0.39 is 0 Å². The first kappa shape index (κ1) is 14.5. The predicted molar refractivity (Wildman–Crippen MR) is 92.6 cm³/mol. The van der Waals surface area contributed by atoms with Gasteiger partial charge < -0.3 is 4.57 Å². The Kier molecular flexibility index (Phi) is 3.43. The minimum Gasteiger partial charge on any atom is -0.310 e. The van der Waals surface area contributed by atoms with E-state index in [1.807, 2.05) is 30.4 Å². The highest BCUT2D eigenvalue weighted by Gasteiger charge is 2.36. The highest BCUT2D eigenvalue weighted by molar-refractivity contribution is 5.66. The van der Waals surface area contributed by atoms with Crippen LogP contribution < -0.4 is 0 Å². The molecule has 7 heteroatoms. The van der Waals surface area contributed by atoms with E-state index in [1.54, 1.807) is 4.68 Å². The predicted octanol–water partition coefficient (Wildman–Crippen LogP) is 2.70. The second kappa shape index (κ2) is 5.91. The van der Waals surface area contributed by atoms with Crippen molar-refractivity contribution in [2.45, 2.75) is 44.2 Å². The third kappa shape index (κ3) is 2.97. The molecule has 2 heterocycles. The van der Waals surface area contributed by atoms with Crippen LogP contribution in [0.2, 0.25) is 0 Å². The van der Waals surface area contributed by atoms with Crippen molar-refractivity contribution in [1.82, 2.24) is 35.0 Å². The maximum absolute atomic E-state index is 4.46. The summed E-state index contributed by atoms with van der Waals surface area (Å²) >= 11 is 0. The summed E-state index contributed by atoms with van der Waals surface area (Å²) in [4.78, 5) is 0. The van der Waals surface area contributed by atoms with Gasteiger partial charge in [0, 0.05) is 12.0 Å². The molecule has 7 nitrogen and oxygen atoms in total. The quantitative estimate of drug-likeness (QED) is 0.693. The fourth-order valence-electron chi connectivity index (χ4n) is 3.11. The molecule has 126 valence electrons. The molecule has 2 saturated carbocycles. The first-order chi connectivity index (χ1) is 12.4. The average Bonchev–Trinajstić information content (AvgIpc) is 3.58. The van der Waals surface area contributed by atoms with Gasteiger partial charge in [0.2, 0.25) is 0 Å². The molecular weight excluding hydrogens is 314 g/mol. The maximum atomic E-state index is 4.46. The molecule has 1 aromatic carbocycles. The summed E-state index contributed by atoms with van der Waals surface area (Å²) in [5, 5.41) is 21.0. The van der Waals surface area contributed by atoms with Gasteiger partial charge in [-0.1, -0.05) is 36.4 Å². The van der Waals surface area contributed by atoms with E-state index in [1.165, 1.54) is 25.7 Å². The van der Waals surface area contributed by atoms with Crippen molar-refractivity contribution in [2.75, 3.05) is 0 Å². The Bertz CT molecular complexity index is 901. The molecule has 0 atom stereocenters. The van der Waals surface area contributed by atoms with Gasteiger partial charge in [0.15, 0.2) is 11.6 Å². The largest absolute Gasteiger partial charge is 0.310 e. The van der Waals surface area contributed by atoms with E-state index in [2.05, 4.69) is 42.4 Å². The Balaban J connectivity index is 1.41. The summed E-state index contributed by atoms with van der Waals surface area (Å²) in [7, 11) is 0. The van der Waals surface area contributed by atoms with Gasteiger partial charge in [-0.15, -0.1) is 15.3 Å². The number of nitrogens with zero attached hydrogens (tertiary/aromatic N) is 7. The third-order valence-corrected chi connectivity index (χ3v) is 4.72. The van der Waals surface area contributed by atoms with Gasteiger partial charge in [0.25, 0.3) is 0 Å². The first-order valence-electron chi connectivity index (χ1n) is 8.81. The summed E-state index contributed by atoms with van der Waals surface area (Å²) < 4.78 is 4.13. The molecule has 0 N–H and O–H groups in total. The Labute approximate surface area is 145 Å². The van der Waals surface area contributed by atoms with Gasteiger partial charge >= 0.3 is 0 Å². The zero-order valence-corrected chi connectivity index (χ0v) is 13.9. The second-order valence-electron chi connectivity index (χ2n) is 6.79. The molecule has 5 rings (SSSR count). The zero-order valence-electron chi connectivity index (χ0n) is 13.9. The van der Waals surface area contributed by atoms with E-state index >= 15 is 0 Å². The molecular formula is C18H19N7. The number of benzene rings is 1. The van der Waals surface area contributed by atoms with Gasteiger partial charge in [-0.2, -0.15) is 0 Å². The van der Waals surface area contributed by atoms with Crippen molar-refractivity contribution in [2.24, 2.45) is 0 Å².